The molecule has 2 aromatic carbocycles. The van der Waals surface area contributed by atoms with Crippen molar-refractivity contribution in [1.82, 2.24) is 4.90 Å². The molecule has 0 saturated heterocycles. The van der Waals surface area contributed by atoms with E-state index in [9.17, 15) is 9.59 Å². The third-order valence-corrected chi connectivity index (χ3v) is 3.88. The van der Waals surface area contributed by atoms with Gasteiger partial charge in [-0.3, -0.25) is 9.59 Å². The van der Waals surface area contributed by atoms with Gasteiger partial charge in [-0.15, -0.1) is 0 Å². The third-order valence-electron chi connectivity index (χ3n) is 3.62. The van der Waals surface area contributed by atoms with Crippen molar-refractivity contribution in [2.75, 3.05) is 13.7 Å². The van der Waals surface area contributed by atoms with Crippen molar-refractivity contribution in [2.45, 2.75) is 19.6 Å². The predicted octanol–water partition coefficient (Wildman–Crippen LogP) is 3.14. The van der Waals surface area contributed by atoms with Crippen LogP contribution in [0.15, 0.2) is 48.5 Å². The molecule has 1 N–H and O–H groups in total. The fourth-order valence-corrected chi connectivity index (χ4v) is 2.61. The van der Waals surface area contributed by atoms with Crippen molar-refractivity contribution in [3.8, 4) is 0 Å². The number of aliphatic carboxylic acids is 1. The van der Waals surface area contributed by atoms with Crippen LogP contribution in [0.2, 0.25) is 5.02 Å². The van der Waals surface area contributed by atoms with Gasteiger partial charge in [-0.2, -0.15) is 0 Å². The zero-order chi connectivity index (χ0) is 18.2. The standard InChI is InChI=1S/C19H20ClNO4/c1-25-13-16-4-2-3-15(9-16)10-18(22)21(12-19(23)24)11-14-5-7-17(20)8-6-14/h2-9H,10-13H2,1H3,(H,23,24). The van der Waals surface area contributed by atoms with Crippen molar-refractivity contribution in [3.63, 3.8) is 0 Å². The number of carbonyl (C=O) groups excluding carboxylic acids is 1. The number of carboxylic acid groups (broad SMARTS) is 1. The maximum Gasteiger partial charge on any atom is 0.323 e. The molecular formula is C19H20ClNO4. The highest BCUT2D eigenvalue weighted by atomic mass is 35.5. The first-order chi connectivity index (χ1) is 12.0. The van der Waals surface area contributed by atoms with Crippen molar-refractivity contribution >= 4 is 23.5 Å². The second-order valence-corrected chi connectivity index (χ2v) is 6.14. The number of methoxy groups -OCH3 is 1. The average molecular weight is 362 g/mol. The Hall–Kier alpha value is -2.37. The number of halogens is 1. The fraction of sp³-hybridized carbons (Fsp3) is 0.263. The van der Waals surface area contributed by atoms with Crippen LogP contribution in [0, 0.1) is 0 Å². The Balaban J connectivity index is 2.10. The average Bonchev–Trinajstić information content (AvgIpc) is 2.56. The molecule has 0 heterocycles. The number of nitrogens with zero attached hydrogens (tertiary/aromatic N) is 1. The lowest BCUT2D eigenvalue weighted by atomic mass is 10.1. The number of ether oxygens (including phenoxy) is 1. The molecule has 0 bridgehead atoms. The molecule has 25 heavy (non-hydrogen) atoms. The minimum atomic E-state index is -1.05. The molecule has 0 aliphatic rings. The summed E-state index contributed by atoms with van der Waals surface area (Å²) in [4.78, 5) is 25.0. The van der Waals surface area contributed by atoms with Crippen LogP contribution in [0.1, 0.15) is 16.7 Å². The van der Waals surface area contributed by atoms with Crippen molar-refractivity contribution in [1.29, 1.82) is 0 Å². The number of hydrogen-bond acceptors (Lipinski definition) is 3. The SMILES string of the molecule is COCc1cccc(CC(=O)N(CC(=O)O)Cc2ccc(Cl)cc2)c1. The van der Waals surface area contributed by atoms with E-state index in [4.69, 9.17) is 21.4 Å². The quantitative estimate of drug-likeness (QED) is 0.784. The molecular weight excluding hydrogens is 342 g/mol. The van der Waals surface area contributed by atoms with Crippen molar-refractivity contribution < 1.29 is 19.4 Å². The highest BCUT2D eigenvalue weighted by Crippen LogP contribution is 2.13. The molecule has 2 rings (SSSR count). The summed E-state index contributed by atoms with van der Waals surface area (Å²) in [7, 11) is 1.61. The Morgan fingerprint density at radius 1 is 1.08 bits per heavy atom. The highest BCUT2D eigenvalue weighted by Gasteiger charge is 2.18. The summed E-state index contributed by atoms with van der Waals surface area (Å²) in [5, 5.41) is 9.70. The molecule has 0 radical (unpaired) electrons. The van der Waals surface area contributed by atoms with Gasteiger partial charge in [-0.25, -0.2) is 0 Å². The summed E-state index contributed by atoms with van der Waals surface area (Å²) < 4.78 is 5.09. The zero-order valence-corrected chi connectivity index (χ0v) is 14.7. The van der Waals surface area contributed by atoms with Crippen molar-refractivity contribution in [3.05, 3.63) is 70.2 Å². The second-order valence-electron chi connectivity index (χ2n) is 5.70. The third kappa shape index (κ3) is 6.21. The van der Waals surface area contributed by atoms with Crippen LogP contribution >= 0.6 is 11.6 Å². The van der Waals surface area contributed by atoms with Gasteiger partial charge in [0.25, 0.3) is 0 Å². The van der Waals surface area contributed by atoms with E-state index < -0.39 is 5.97 Å². The first-order valence-corrected chi connectivity index (χ1v) is 8.16. The molecule has 6 heteroatoms. The van der Waals surface area contributed by atoms with Crippen LogP contribution in [-0.4, -0.2) is 35.5 Å². The van der Waals surface area contributed by atoms with E-state index in [1.165, 1.54) is 4.90 Å². The summed E-state index contributed by atoms with van der Waals surface area (Å²) in [6.07, 6.45) is 0.137. The number of benzene rings is 2. The summed E-state index contributed by atoms with van der Waals surface area (Å²) in [5.41, 5.74) is 2.62. The van der Waals surface area contributed by atoms with Crippen molar-refractivity contribution in [2.24, 2.45) is 0 Å². The fourth-order valence-electron chi connectivity index (χ4n) is 2.49. The van der Waals surface area contributed by atoms with E-state index in [0.717, 1.165) is 16.7 Å². The minimum Gasteiger partial charge on any atom is -0.480 e. The molecule has 1 amide bonds. The van der Waals surface area contributed by atoms with E-state index in [2.05, 4.69) is 0 Å². The van der Waals surface area contributed by atoms with E-state index in [1.807, 2.05) is 24.3 Å². The maximum atomic E-state index is 12.6. The number of amides is 1. The molecule has 0 unspecified atom stereocenters. The molecule has 0 aliphatic carbocycles. The molecule has 0 aromatic heterocycles. The Labute approximate surface area is 151 Å². The predicted molar refractivity (Wildman–Crippen MR) is 95.4 cm³/mol. The van der Waals surface area contributed by atoms with Gasteiger partial charge in [0.2, 0.25) is 5.91 Å². The lowest BCUT2D eigenvalue weighted by Gasteiger charge is -2.21. The highest BCUT2D eigenvalue weighted by molar-refractivity contribution is 6.30. The summed E-state index contributed by atoms with van der Waals surface area (Å²) in [6.45, 7) is 0.338. The molecule has 5 nitrogen and oxygen atoms in total. The largest absolute Gasteiger partial charge is 0.480 e. The molecule has 0 spiro atoms. The van der Waals surface area contributed by atoms with Gasteiger partial charge in [0.05, 0.1) is 13.0 Å². The van der Waals surface area contributed by atoms with Gasteiger partial charge in [0.15, 0.2) is 0 Å². The van der Waals surface area contributed by atoms with Crippen LogP contribution < -0.4 is 0 Å². The van der Waals surface area contributed by atoms with Gasteiger partial charge in [0, 0.05) is 18.7 Å². The lowest BCUT2D eigenvalue weighted by molar-refractivity contribution is -0.144. The lowest BCUT2D eigenvalue weighted by Crippen LogP contribution is -2.36. The number of hydrogen-bond donors (Lipinski definition) is 1. The molecule has 132 valence electrons. The Morgan fingerprint density at radius 3 is 2.40 bits per heavy atom. The second kappa shape index (κ2) is 9.20. The van der Waals surface area contributed by atoms with Crippen LogP contribution in [0.5, 0.6) is 0 Å². The normalized spacial score (nSPS) is 10.5. The summed E-state index contributed by atoms with van der Waals surface area (Å²) in [6, 6.07) is 14.5. The Bertz CT molecular complexity index is 730. The number of carboxylic acids is 1. The molecule has 0 fully saturated rings. The Kier molecular flexibility index (Phi) is 6.98. The number of rotatable bonds is 8. The summed E-state index contributed by atoms with van der Waals surface area (Å²) >= 11 is 5.86. The van der Waals surface area contributed by atoms with E-state index in [-0.39, 0.29) is 25.4 Å². The van der Waals surface area contributed by atoms with Crippen LogP contribution in [0.3, 0.4) is 0 Å². The van der Waals surface area contributed by atoms with Gasteiger partial charge in [-0.05, 0) is 28.8 Å². The zero-order valence-electron chi connectivity index (χ0n) is 13.9. The van der Waals surface area contributed by atoms with Crippen LogP contribution in [0.25, 0.3) is 0 Å². The molecule has 0 atom stereocenters. The van der Waals surface area contributed by atoms with Crippen LogP contribution in [0.4, 0.5) is 0 Å². The number of carbonyl (C=O) groups is 2. The minimum absolute atomic E-state index is 0.137. The topological polar surface area (TPSA) is 66.8 Å². The van der Waals surface area contributed by atoms with Gasteiger partial charge in [0.1, 0.15) is 6.54 Å². The van der Waals surface area contributed by atoms with Gasteiger partial charge in [-0.1, -0.05) is 48.0 Å². The molecule has 0 aliphatic heterocycles. The van der Waals surface area contributed by atoms with Gasteiger partial charge >= 0.3 is 5.97 Å². The van der Waals surface area contributed by atoms with Crippen LogP contribution in [-0.2, 0) is 33.9 Å². The smallest absolute Gasteiger partial charge is 0.323 e. The monoisotopic (exact) mass is 361 g/mol. The molecule has 0 saturated carbocycles. The first-order valence-electron chi connectivity index (χ1n) is 7.78. The van der Waals surface area contributed by atoms with E-state index >= 15 is 0 Å². The first kappa shape index (κ1) is 19.0. The van der Waals surface area contributed by atoms with E-state index in [0.29, 0.717) is 11.6 Å². The maximum absolute atomic E-state index is 12.6. The molecule has 2 aromatic rings. The summed E-state index contributed by atoms with van der Waals surface area (Å²) in [5.74, 6) is -1.29. The van der Waals surface area contributed by atoms with Gasteiger partial charge < -0.3 is 14.7 Å². The Morgan fingerprint density at radius 2 is 1.76 bits per heavy atom. The van der Waals surface area contributed by atoms with E-state index in [1.54, 1.807) is 31.4 Å².